The van der Waals surface area contributed by atoms with Crippen LogP contribution in [0.1, 0.15) is 27.0 Å². The van der Waals surface area contributed by atoms with Crippen molar-refractivity contribution in [2.45, 2.75) is 6.92 Å². The maximum absolute atomic E-state index is 11.7. The molecule has 0 spiro atoms. The standard InChI is InChI=1S/C22H18O2/c1-16-14-20(18-10-6-3-7-11-18)15-19(21(16)22(23)24)13-12-17-8-4-2-5-9-17/h2-15H,1H3,(H,23,24)/b13-12+. The smallest absolute Gasteiger partial charge is 0.336 e. The number of rotatable bonds is 4. The van der Waals surface area contributed by atoms with Gasteiger partial charge in [0.2, 0.25) is 0 Å². The van der Waals surface area contributed by atoms with Gasteiger partial charge in [0.05, 0.1) is 5.56 Å². The van der Waals surface area contributed by atoms with E-state index < -0.39 is 5.97 Å². The van der Waals surface area contributed by atoms with Gasteiger partial charge in [0.1, 0.15) is 0 Å². The first-order chi connectivity index (χ1) is 11.6. The van der Waals surface area contributed by atoms with Gasteiger partial charge in [0, 0.05) is 0 Å². The molecule has 0 heterocycles. The molecule has 0 fully saturated rings. The van der Waals surface area contributed by atoms with Crippen LogP contribution in [0.2, 0.25) is 0 Å². The van der Waals surface area contributed by atoms with Crippen molar-refractivity contribution < 1.29 is 9.90 Å². The SMILES string of the molecule is Cc1cc(-c2ccccc2)cc(/C=C/c2ccccc2)c1C(=O)O. The van der Waals surface area contributed by atoms with E-state index in [-0.39, 0.29) is 0 Å². The summed E-state index contributed by atoms with van der Waals surface area (Å²) >= 11 is 0. The molecule has 118 valence electrons. The number of hydrogen-bond donors (Lipinski definition) is 1. The van der Waals surface area contributed by atoms with Crippen LogP contribution in [0.25, 0.3) is 23.3 Å². The number of hydrogen-bond acceptors (Lipinski definition) is 1. The van der Waals surface area contributed by atoms with E-state index in [9.17, 15) is 9.90 Å². The molecule has 1 N–H and O–H groups in total. The minimum absolute atomic E-state index is 0.349. The average Bonchev–Trinajstić information content (AvgIpc) is 2.60. The molecule has 0 aliphatic rings. The fourth-order valence-corrected chi connectivity index (χ4v) is 2.79. The fourth-order valence-electron chi connectivity index (χ4n) is 2.79. The Kier molecular flexibility index (Phi) is 4.57. The van der Waals surface area contributed by atoms with Crippen molar-refractivity contribution in [3.05, 3.63) is 95.1 Å². The molecule has 0 aromatic heterocycles. The lowest BCUT2D eigenvalue weighted by Crippen LogP contribution is -2.03. The first-order valence-electron chi connectivity index (χ1n) is 7.81. The summed E-state index contributed by atoms with van der Waals surface area (Å²) in [5, 5.41) is 9.57. The molecule has 0 bridgehead atoms. The predicted octanol–water partition coefficient (Wildman–Crippen LogP) is 5.53. The second-order valence-electron chi connectivity index (χ2n) is 5.67. The van der Waals surface area contributed by atoms with Gasteiger partial charge in [0.25, 0.3) is 0 Å². The largest absolute Gasteiger partial charge is 0.478 e. The van der Waals surface area contributed by atoms with Gasteiger partial charge in [-0.2, -0.15) is 0 Å². The van der Waals surface area contributed by atoms with Crippen LogP contribution in [0.15, 0.2) is 72.8 Å². The summed E-state index contributed by atoms with van der Waals surface area (Å²) in [7, 11) is 0. The molecule has 3 rings (SSSR count). The third-order valence-corrected chi connectivity index (χ3v) is 3.94. The Hall–Kier alpha value is -3.13. The lowest BCUT2D eigenvalue weighted by Gasteiger charge is -2.10. The molecule has 2 nitrogen and oxygen atoms in total. The average molecular weight is 314 g/mol. The highest BCUT2D eigenvalue weighted by molar-refractivity contribution is 5.96. The molecular weight excluding hydrogens is 296 g/mol. The Morgan fingerprint density at radius 2 is 1.46 bits per heavy atom. The van der Waals surface area contributed by atoms with Crippen LogP contribution in [0, 0.1) is 6.92 Å². The zero-order valence-electron chi connectivity index (χ0n) is 13.4. The molecule has 0 atom stereocenters. The number of benzene rings is 3. The highest BCUT2D eigenvalue weighted by Crippen LogP contribution is 2.27. The summed E-state index contributed by atoms with van der Waals surface area (Å²) in [6, 6.07) is 23.7. The molecule has 0 saturated heterocycles. The van der Waals surface area contributed by atoms with Gasteiger partial charge >= 0.3 is 5.97 Å². The van der Waals surface area contributed by atoms with Crippen LogP contribution in [-0.2, 0) is 0 Å². The van der Waals surface area contributed by atoms with E-state index in [2.05, 4.69) is 0 Å². The van der Waals surface area contributed by atoms with Crippen molar-refractivity contribution in [3.8, 4) is 11.1 Å². The first kappa shape index (κ1) is 15.8. The Balaban J connectivity index is 2.10. The summed E-state index contributed by atoms with van der Waals surface area (Å²) in [5.74, 6) is -0.903. The maximum Gasteiger partial charge on any atom is 0.336 e. The maximum atomic E-state index is 11.7. The highest BCUT2D eigenvalue weighted by Gasteiger charge is 2.13. The lowest BCUT2D eigenvalue weighted by molar-refractivity contribution is 0.0696. The van der Waals surface area contributed by atoms with E-state index in [1.807, 2.05) is 91.9 Å². The first-order valence-corrected chi connectivity index (χ1v) is 7.81. The van der Waals surface area contributed by atoms with E-state index in [4.69, 9.17) is 0 Å². The van der Waals surface area contributed by atoms with Crippen molar-refractivity contribution in [3.63, 3.8) is 0 Å². The molecular formula is C22H18O2. The number of carboxylic acid groups (broad SMARTS) is 1. The van der Waals surface area contributed by atoms with Crippen LogP contribution in [0.5, 0.6) is 0 Å². The monoisotopic (exact) mass is 314 g/mol. The van der Waals surface area contributed by atoms with Gasteiger partial charge in [-0.3, -0.25) is 0 Å². The molecule has 0 saturated carbocycles. The lowest BCUT2D eigenvalue weighted by atomic mass is 9.94. The van der Waals surface area contributed by atoms with Crippen LogP contribution in [0.3, 0.4) is 0 Å². The van der Waals surface area contributed by atoms with Gasteiger partial charge in [-0.1, -0.05) is 78.9 Å². The Morgan fingerprint density at radius 3 is 2.08 bits per heavy atom. The van der Waals surface area contributed by atoms with Gasteiger partial charge in [0.15, 0.2) is 0 Å². The van der Waals surface area contributed by atoms with E-state index >= 15 is 0 Å². The zero-order chi connectivity index (χ0) is 16.9. The van der Waals surface area contributed by atoms with Crippen molar-refractivity contribution in [1.82, 2.24) is 0 Å². The number of carbonyl (C=O) groups is 1. The van der Waals surface area contributed by atoms with Crippen molar-refractivity contribution >= 4 is 18.1 Å². The topological polar surface area (TPSA) is 37.3 Å². The van der Waals surface area contributed by atoms with E-state index in [1.165, 1.54) is 0 Å². The van der Waals surface area contributed by atoms with Gasteiger partial charge in [-0.15, -0.1) is 0 Å². The summed E-state index contributed by atoms with van der Waals surface area (Å²) in [5.41, 5.74) is 4.96. The molecule has 3 aromatic carbocycles. The molecule has 24 heavy (non-hydrogen) atoms. The Morgan fingerprint density at radius 1 is 0.833 bits per heavy atom. The summed E-state index contributed by atoms with van der Waals surface area (Å²) in [6.07, 6.45) is 3.81. The van der Waals surface area contributed by atoms with E-state index in [1.54, 1.807) is 0 Å². The molecule has 2 heteroatoms. The van der Waals surface area contributed by atoms with Crippen LogP contribution >= 0.6 is 0 Å². The van der Waals surface area contributed by atoms with E-state index in [0.717, 1.165) is 22.3 Å². The second kappa shape index (κ2) is 6.97. The van der Waals surface area contributed by atoms with Gasteiger partial charge in [-0.25, -0.2) is 4.79 Å². The quantitative estimate of drug-likeness (QED) is 0.643. The minimum atomic E-state index is -0.903. The molecule has 3 aromatic rings. The molecule has 0 radical (unpaired) electrons. The van der Waals surface area contributed by atoms with Gasteiger partial charge < -0.3 is 5.11 Å². The summed E-state index contributed by atoms with van der Waals surface area (Å²) < 4.78 is 0. The number of aromatic carboxylic acids is 1. The Labute approximate surface area is 141 Å². The third kappa shape index (κ3) is 3.44. The molecule has 0 unspecified atom stereocenters. The van der Waals surface area contributed by atoms with Crippen molar-refractivity contribution in [2.24, 2.45) is 0 Å². The van der Waals surface area contributed by atoms with E-state index in [0.29, 0.717) is 11.1 Å². The number of carboxylic acids is 1. The molecule has 0 amide bonds. The highest BCUT2D eigenvalue weighted by atomic mass is 16.4. The predicted molar refractivity (Wildman–Crippen MR) is 98.9 cm³/mol. The Bertz CT molecular complexity index is 879. The second-order valence-corrected chi connectivity index (χ2v) is 5.67. The fraction of sp³-hybridized carbons (Fsp3) is 0.0455. The minimum Gasteiger partial charge on any atom is -0.478 e. The molecule has 0 aliphatic carbocycles. The van der Waals surface area contributed by atoms with Crippen LogP contribution in [-0.4, -0.2) is 11.1 Å². The summed E-state index contributed by atoms with van der Waals surface area (Å²) in [6.45, 7) is 1.84. The zero-order valence-corrected chi connectivity index (χ0v) is 13.4. The summed E-state index contributed by atoms with van der Waals surface area (Å²) in [4.78, 5) is 11.7. The molecule has 0 aliphatic heterocycles. The normalized spacial score (nSPS) is 10.9. The number of aryl methyl sites for hydroxylation is 1. The van der Waals surface area contributed by atoms with Crippen LogP contribution < -0.4 is 0 Å². The van der Waals surface area contributed by atoms with Crippen LogP contribution in [0.4, 0.5) is 0 Å². The van der Waals surface area contributed by atoms with Crippen molar-refractivity contribution in [2.75, 3.05) is 0 Å². The van der Waals surface area contributed by atoms with Gasteiger partial charge in [-0.05, 0) is 40.8 Å². The van der Waals surface area contributed by atoms with Crippen molar-refractivity contribution in [1.29, 1.82) is 0 Å². The third-order valence-electron chi connectivity index (χ3n) is 3.94.